The number of hydrogen-bond acceptors (Lipinski definition) is 6. The highest BCUT2D eigenvalue weighted by Gasteiger charge is 2.18. The zero-order valence-corrected chi connectivity index (χ0v) is 17.4. The first-order chi connectivity index (χ1) is 11.8. The molecule has 1 aromatic heterocycles. The first-order valence-corrected chi connectivity index (χ1v) is 10.9. The Bertz CT molecular complexity index is 638. The van der Waals surface area contributed by atoms with Gasteiger partial charge in [-0.1, -0.05) is 13.8 Å². The first-order valence-electron chi connectivity index (χ1n) is 8.45. The predicted molar refractivity (Wildman–Crippen MR) is 106 cm³/mol. The Balaban J connectivity index is 2.61. The summed E-state index contributed by atoms with van der Waals surface area (Å²) in [4.78, 5) is 10.9. The molecule has 0 aromatic carbocycles. The van der Waals surface area contributed by atoms with Crippen LogP contribution in [0.5, 0.6) is 0 Å². The van der Waals surface area contributed by atoms with E-state index in [4.69, 9.17) is 0 Å². The van der Waals surface area contributed by atoms with Gasteiger partial charge in [-0.15, -0.1) is 11.3 Å². The Kier molecular flexibility index (Phi) is 9.15. The van der Waals surface area contributed by atoms with Gasteiger partial charge in [0, 0.05) is 45.7 Å². The molecule has 10 heteroatoms. The molecular weight excluding hydrogens is 360 g/mol. The van der Waals surface area contributed by atoms with Gasteiger partial charge in [-0.25, -0.2) is 22.7 Å². The van der Waals surface area contributed by atoms with Crippen LogP contribution in [0.25, 0.3) is 0 Å². The van der Waals surface area contributed by atoms with Gasteiger partial charge in [-0.3, -0.25) is 0 Å². The molecule has 0 aliphatic rings. The van der Waals surface area contributed by atoms with Crippen LogP contribution in [0.2, 0.25) is 0 Å². The third kappa shape index (κ3) is 7.17. The number of thiazole rings is 1. The Morgan fingerprint density at radius 2 is 1.92 bits per heavy atom. The summed E-state index contributed by atoms with van der Waals surface area (Å²) in [5.41, 5.74) is 0.890. The molecule has 0 spiro atoms. The average Bonchev–Trinajstić information content (AvgIpc) is 3.02. The summed E-state index contributed by atoms with van der Waals surface area (Å²) in [6.45, 7) is 8.10. The molecule has 0 saturated heterocycles. The quantitative estimate of drug-likeness (QED) is 0.456. The predicted octanol–water partition coefficient (Wildman–Crippen LogP) is 0.936. The van der Waals surface area contributed by atoms with Gasteiger partial charge in [0.25, 0.3) is 0 Å². The second-order valence-electron chi connectivity index (χ2n) is 5.54. The third-order valence-electron chi connectivity index (χ3n) is 3.42. The first kappa shape index (κ1) is 21.7. The third-order valence-corrected chi connectivity index (χ3v) is 6.50. The fraction of sp³-hybridized carbons (Fsp3) is 0.733. The minimum absolute atomic E-state index is 0.0422. The number of sulfonamides is 1. The summed E-state index contributed by atoms with van der Waals surface area (Å²) in [7, 11) is 0.670. The second kappa shape index (κ2) is 10.6. The van der Waals surface area contributed by atoms with Crippen molar-refractivity contribution in [3.05, 3.63) is 11.1 Å². The van der Waals surface area contributed by atoms with Gasteiger partial charge < -0.3 is 15.5 Å². The number of rotatable bonds is 10. The molecule has 8 nitrogen and oxygen atoms in total. The molecule has 0 unspecified atom stereocenters. The molecule has 0 saturated carbocycles. The molecule has 1 heterocycles. The number of anilines is 1. The lowest BCUT2D eigenvalue weighted by atomic mass is 10.5. The standard InChI is InChI=1S/C15H30N6O2S2/c1-6-16-14(17-9-10-25(22,23)21(7-2)8-3)18-11-13-12-24-15(19-13)20(4)5/h12H,6-11H2,1-5H3,(H2,16,17,18). The van der Waals surface area contributed by atoms with Gasteiger partial charge in [-0.2, -0.15) is 0 Å². The molecule has 25 heavy (non-hydrogen) atoms. The van der Waals surface area contributed by atoms with E-state index in [1.54, 1.807) is 11.3 Å². The molecule has 144 valence electrons. The van der Waals surface area contributed by atoms with Gasteiger partial charge in [0.1, 0.15) is 0 Å². The average molecular weight is 391 g/mol. The number of aliphatic imine (C=N–C) groups is 1. The molecular formula is C15H30N6O2S2. The Labute approximate surface area is 155 Å². The highest BCUT2D eigenvalue weighted by atomic mass is 32.2. The lowest BCUT2D eigenvalue weighted by Crippen LogP contribution is -2.42. The molecule has 0 aliphatic carbocycles. The number of nitrogens with zero attached hydrogens (tertiary/aromatic N) is 4. The Morgan fingerprint density at radius 1 is 1.24 bits per heavy atom. The maximum absolute atomic E-state index is 12.2. The van der Waals surface area contributed by atoms with E-state index in [2.05, 4.69) is 20.6 Å². The van der Waals surface area contributed by atoms with E-state index < -0.39 is 10.0 Å². The summed E-state index contributed by atoms with van der Waals surface area (Å²) < 4.78 is 25.9. The van der Waals surface area contributed by atoms with Gasteiger partial charge in [0.05, 0.1) is 18.0 Å². The van der Waals surface area contributed by atoms with E-state index in [0.717, 1.165) is 10.8 Å². The van der Waals surface area contributed by atoms with Crippen molar-refractivity contribution in [1.82, 2.24) is 19.9 Å². The van der Waals surface area contributed by atoms with Crippen LogP contribution in [-0.4, -0.2) is 69.7 Å². The zero-order chi connectivity index (χ0) is 18.9. The number of hydrogen-bond donors (Lipinski definition) is 2. The molecule has 0 radical (unpaired) electrons. The SMILES string of the molecule is CCNC(=NCc1csc(N(C)C)n1)NCCS(=O)(=O)N(CC)CC. The van der Waals surface area contributed by atoms with Crippen molar-refractivity contribution >= 4 is 32.5 Å². The molecule has 0 fully saturated rings. The fourth-order valence-electron chi connectivity index (χ4n) is 2.12. The summed E-state index contributed by atoms with van der Waals surface area (Å²) in [6, 6.07) is 0. The Hall–Kier alpha value is -1.39. The van der Waals surface area contributed by atoms with Crippen LogP contribution in [-0.2, 0) is 16.6 Å². The van der Waals surface area contributed by atoms with E-state index in [-0.39, 0.29) is 5.75 Å². The van der Waals surface area contributed by atoms with Crippen molar-refractivity contribution in [3.63, 3.8) is 0 Å². The number of guanidine groups is 1. The molecule has 0 atom stereocenters. The van der Waals surface area contributed by atoms with Crippen LogP contribution in [0.3, 0.4) is 0 Å². The molecule has 0 bridgehead atoms. The number of nitrogens with one attached hydrogen (secondary N) is 2. The van der Waals surface area contributed by atoms with Crippen molar-refractivity contribution < 1.29 is 8.42 Å². The van der Waals surface area contributed by atoms with E-state index in [0.29, 0.717) is 38.7 Å². The van der Waals surface area contributed by atoms with E-state index in [1.807, 2.05) is 45.1 Å². The van der Waals surface area contributed by atoms with Gasteiger partial charge in [-0.05, 0) is 6.92 Å². The maximum atomic E-state index is 12.2. The Morgan fingerprint density at radius 3 is 2.44 bits per heavy atom. The van der Waals surface area contributed by atoms with Crippen molar-refractivity contribution in [2.75, 3.05) is 50.9 Å². The molecule has 1 rings (SSSR count). The fourth-order valence-corrected chi connectivity index (χ4v) is 4.28. The zero-order valence-electron chi connectivity index (χ0n) is 15.7. The van der Waals surface area contributed by atoms with E-state index in [1.165, 1.54) is 4.31 Å². The van der Waals surface area contributed by atoms with Crippen LogP contribution in [0, 0.1) is 0 Å². The second-order valence-corrected chi connectivity index (χ2v) is 8.46. The van der Waals surface area contributed by atoms with Gasteiger partial charge in [0.2, 0.25) is 10.0 Å². The van der Waals surface area contributed by atoms with Crippen LogP contribution in [0.4, 0.5) is 5.13 Å². The van der Waals surface area contributed by atoms with E-state index >= 15 is 0 Å². The number of aromatic nitrogens is 1. The monoisotopic (exact) mass is 390 g/mol. The van der Waals surface area contributed by atoms with Crippen molar-refractivity contribution in [1.29, 1.82) is 0 Å². The van der Waals surface area contributed by atoms with Crippen LogP contribution in [0.15, 0.2) is 10.4 Å². The highest BCUT2D eigenvalue weighted by molar-refractivity contribution is 7.89. The minimum Gasteiger partial charge on any atom is -0.357 e. The summed E-state index contributed by atoms with van der Waals surface area (Å²) in [5, 5.41) is 9.12. The van der Waals surface area contributed by atoms with Crippen molar-refractivity contribution in [2.24, 2.45) is 4.99 Å². The summed E-state index contributed by atoms with van der Waals surface area (Å²) in [6.07, 6.45) is 0. The maximum Gasteiger partial charge on any atom is 0.215 e. The molecule has 1 aromatic rings. The van der Waals surface area contributed by atoms with Gasteiger partial charge >= 0.3 is 0 Å². The van der Waals surface area contributed by atoms with Gasteiger partial charge in [0.15, 0.2) is 11.1 Å². The smallest absolute Gasteiger partial charge is 0.215 e. The lowest BCUT2D eigenvalue weighted by Gasteiger charge is -2.19. The molecule has 0 amide bonds. The molecule has 0 aliphatic heterocycles. The van der Waals surface area contributed by atoms with Crippen LogP contribution < -0.4 is 15.5 Å². The lowest BCUT2D eigenvalue weighted by molar-refractivity contribution is 0.445. The van der Waals surface area contributed by atoms with E-state index in [9.17, 15) is 8.42 Å². The van der Waals surface area contributed by atoms with Crippen LogP contribution in [0.1, 0.15) is 26.5 Å². The topological polar surface area (TPSA) is 89.9 Å². The summed E-state index contributed by atoms with van der Waals surface area (Å²) in [5.74, 6) is 0.636. The van der Waals surface area contributed by atoms with Crippen molar-refractivity contribution in [3.8, 4) is 0 Å². The minimum atomic E-state index is -3.23. The molecule has 2 N–H and O–H groups in total. The van der Waals surface area contributed by atoms with Crippen molar-refractivity contribution in [2.45, 2.75) is 27.3 Å². The van der Waals surface area contributed by atoms with Crippen LogP contribution >= 0.6 is 11.3 Å². The normalized spacial score (nSPS) is 12.5. The largest absolute Gasteiger partial charge is 0.357 e. The highest BCUT2D eigenvalue weighted by Crippen LogP contribution is 2.18. The summed E-state index contributed by atoms with van der Waals surface area (Å²) >= 11 is 1.57.